The van der Waals surface area contributed by atoms with Gasteiger partial charge in [0.2, 0.25) is 0 Å². The van der Waals surface area contributed by atoms with Crippen LogP contribution in [0.1, 0.15) is 6.42 Å². The van der Waals surface area contributed by atoms with Crippen LogP contribution in [0, 0.1) is 0 Å². The van der Waals surface area contributed by atoms with Crippen LogP contribution < -0.4 is 5.73 Å². The first kappa shape index (κ1) is 12.7. The minimum atomic E-state index is -2.28. The van der Waals surface area contributed by atoms with E-state index >= 15 is 0 Å². The fourth-order valence-electron chi connectivity index (χ4n) is 1.02. The Morgan fingerprint density at radius 3 is 2.54 bits per heavy atom. The van der Waals surface area contributed by atoms with Gasteiger partial charge >= 0.3 is 0 Å². The normalized spacial score (nSPS) is 11.5. The first-order valence-electron chi connectivity index (χ1n) is 4.40. The molecule has 2 N–H and O–H groups in total. The molecule has 0 saturated carbocycles. The van der Waals surface area contributed by atoms with Crippen molar-refractivity contribution in [1.82, 2.24) is 4.90 Å². The summed E-state index contributed by atoms with van der Waals surface area (Å²) in [6.45, 7) is 1.98. The zero-order chi connectivity index (χ0) is 10.1. The Labute approximate surface area is 77.8 Å². The number of nitrogens with zero attached hydrogens (tertiary/aromatic N) is 1. The van der Waals surface area contributed by atoms with Crippen molar-refractivity contribution in [1.29, 1.82) is 0 Å². The molecule has 0 saturated heterocycles. The van der Waals surface area contributed by atoms with Gasteiger partial charge < -0.3 is 10.5 Å². The van der Waals surface area contributed by atoms with Crippen LogP contribution in [0.4, 0.5) is 8.78 Å². The number of halogens is 2. The molecule has 0 rings (SSSR count). The van der Waals surface area contributed by atoms with Crippen molar-refractivity contribution < 1.29 is 13.5 Å². The summed E-state index contributed by atoms with van der Waals surface area (Å²) in [5, 5.41) is 0. The molecular weight excluding hydrogens is 178 g/mol. The third kappa shape index (κ3) is 8.08. The van der Waals surface area contributed by atoms with Crippen molar-refractivity contribution in [3.05, 3.63) is 0 Å². The molecule has 0 heterocycles. The molecule has 80 valence electrons. The fourth-order valence-corrected chi connectivity index (χ4v) is 1.02. The molecule has 0 radical (unpaired) electrons. The maximum absolute atomic E-state index is 12.0. The summed E-state index contributed by atoms with van der Waals surface area (Å²) in [7, 11) is 1.56. The highest BCUT2D eigenvalue weighted by Crippen LogP contribution is 1.98. The van der Waals surface area contributed by atoms with E-state index in [1.807, 2.05) is 0 Å². The first-order chi connectivity index (χ1) is 6.20. The highest BCUT2D eigenvalue weighted by Gasteiger charge is 2.10. The number of methoxy groups -OCH3 is 1. The first-order valence-corrected chi connectivity index (χ1v) is 4.40. The monoisotopic (exact) mass is 196 g/mol. The second kappa shape index (κ2) is 8.34. The Balaban J connectivity index is 3.60. The van der Waals surface area contributed by atoms with E-state index in [4.69, 9.17) is 10.5 Å². The number of nitrogens with two attached hydrogens (primary N) is 1. The van der Waals surface area contributed by atoms with Crippen molar-refractivity contribution in [2.24, 2.45) is 5.73 Å². The number of alkyl halides is 2. The molecule has 0 aliphatic rings. The molecule has 0 aliphatic heterocycles. The van der Waals surface area contributed by atoms with Gasteiger partial charge in [0.15, 0.2) is 0 Å². The van der Waals surface area contributed by atoms with Crippen LogP contribution in [-0.2, 0) is 4.74 Å². The van der Waals surface area contributed by atoms with Gasteiger partial charge in [-0.15, -0.1) is 0 Å². The molecule has 0 atom stereocenters. The van der Waals surface area contributed by atoms with Gasteiger partial charge in [-0.2, -0.15) is 0 Å². The Kier molecular flexibility index (Phi) is 8.18. The molecular formula is C8H18F2N2O. The minimum Gasteiger partial charge on any atom is -0.383 e. The van der Waals surface area contributed by atoms with Gasteiger partial charge in [-0.1, -0.05) is 0 Å². The Hall–Kier alpha value is -0.260. The molecule has 0 spiro atoms. The fraction of sp³-hybridized carbons (Fsp3) is 1.00. The molecule has 0 aromatic rings. The molecule has 0 amide bonds. The van der Waals surface area contributed by atoms with E-state index in [2.05, 4.69) is 0 Å². The standard InChI is InChI=1S/C8H18F2N2O/c1-13-6-5-12(4-2-3-11)7-8(9)10/h8H,2-7,11H2,1H3. The second-order valence-corrected chi connectivity index (χ2v) is 2.83. The zero-order valence-corrected chi connectivity index (χ0v) is 8.01. The third-order valence-electron chi connectivity index (χ3n) is 1.69. The van der Waals surface area contributed by atoms with Gasteiger partial charge in [0, 0.05) is 13.7 Å². The molecule has 0 fully saturated rings. The lowest BCUT2D eigenvalue weighted by atomic mass is 10.3. The van der Waals surface area contributed by atoms with Crippen LogP contribution in [0.2, 0.25) is 0 Å². The van der Waals surface area contributed by atoms with Crippen LogP contribution in [-0.4, -0.2) is 51.2 Å². The van der Waals surface area contributed by atoms with Crippen LogP contribution in [0.5, 0.6) is 0 Å². The predicted octanol–water partition coefficient (Wildman–Crippen LogP) is 0.549. The van der Waals surface area contributed by atoms with E-state index in [0.29, 0.717) is 26.2 Å². The van der Waals surface area contributed by atoms with Gasteiger partial charge in [0.25, 0.3) is 6.43 Å². The smallest absolute Gasteiger partial charge is 0.251 e. The van der Waals surface area contributed by atoms with Crippen LogP contribution in [0.25, 0.3) is 0 Å². The summed E-state index contributed by atoms with van der Waals surface area (Å²) in [5.74, 6) is 0. The Morgan fingerprint density at radius 2 is 2.08 bits per heavy atom. The second-order valence-electron chi connectivity index (χ2n) is 2.83. The Morgan fingerprint density at radius 1 is 1.38 bits per heavy atom. The average Bonchev–Trinajstić information content (AvgIpc) is 2.09. The Bertz CT molecular complexity index is 106. The van der Waals surface area contributed by atoms with E-state index < -0.39 is 6.43 Å². The van der Waals surface area contributed by atoms with Crippen LogP contribution >= 0.6 is 0 Å². The lowest BCUT2D eigenvalue weighted by Crippen LogP contribution is -2.33. The molecule has 0 aromatic carbocycles. The predicted molar refractivity (Wildman–Crippen MR) is 48.0 cm³/mol. The minimum absolute atomic E-state index is 0.191. The largest absolute Gasteiger partial charge is 0.383 e. The maximum atomic E-state index is 12.0. The summed E-state index contributed by atoms with van der Waals surface area (Å²) in [4.78, 5) is 1.67. The summed E-state index contributed by atoms with van der Waals surface area (Å²) in [5.41, 5.74) is 5.29. The summed E-state index contributed by atoms with van der Waals surface area (Å²) >= 11 is 0. The molecule has 13 heavy (non-hydrogen) atoms. The molecule has 5 heteroatoms. The van der Waals surface area contributed by atoms with Gasteiger partial charge in [0.05, 0.1) is 13.2 Å². The van der Waals surface area contributed by atoms with Crippen molar-refractivity contribution in [2.75, 3.05) is 39.9 Å². The van der Waals surface area contributed by atoms with Gasteiger partial charge in [-0.25, -0.2) is 8.78 Å². The number of rotatable bonds is 8. The van der Waals surface area contributed by atoms with E-state index in [-0.39, 0.29) is 6.54 Å². The van der Waals surface area contributed by atoms with Crippen molar-refractivity contribution >= 4 is 0 Å². The SMILES string of the molecule is COCCN(CCCN)CC(F)F. The quantitative estimate of drug-likeness (QED) is 0.616. The molecule has 3 nitrogen and oxygen atoms in total. The van der Waals surface area contributed by atoms with Crippen molar-refractivity contribution in [3.63, 3.8) is 0 Å². The summed E-state index contributed by atoms with van der Waals surface area (Å²) in [6, 6.07) is 0. The zero-order valence-electron chi connectivity index (χ0n) is 8.01. The highest BCUT2D eigenvalue weighted by atomic mass is 19.3. The molecule has 0 unspecified atom stereocenters. The highest BCUT2D eigenvalue weighted by molar-refractivity contribution is 4.59. The average molecular weight is 196 g/mol. The van der Waals surface area contributed by atoms with Crippen molar-refractivity contribution in [2.45, 2.75) is 12.8 Å². The molecule has 0 bridgehead atoms. The van der Waals surface area contributed by atoms with E-state index in [1.54, 1.807) is 12.0 Å². The van der Waals surface area contributed by atoms with Crippen molar-refractivity contribution in [3.8, 4) is 0 Å². The number of ether oxygens (including phenoxy) is 1. The van der Waals surface area contributed by atoms with Gasteiger partial charge in [0.1, 0.15) is 0 Å². The third-order valence-corrected chi connectivity index (χ3v) is 1.69. The molecule has 0 aliphatic carbocycles. The van der Waals surface area contributed by atoms with E-state index in [0.717, 1.165) is 6.42 Å². The lowest BCUT2D eigenvalue weighted by molar-refractivity contribution is 0.0706. The maximum Gasteiger partial charge on any atom is 0.251 e. The number of hydrogen-bond donors (Lipinski definition) is 1. The summed E-state index contributed by atoms with van der Waals surface area (Å²) < 4.78 is 28.9. The van der Waals surface area contributed by atoms with Crippen LogP contribution in [0.3, 0.4) is 0 Å². The van der Waals surface area contributed by atoms with Crippen LogP contribution in [0.15, 0.2) is 0 Å². The van der Waals surface area contributed by atoms with Gasteiger partial charge in [-0.3, -0.25) is 4.90 Å². The van der Waals surface area contributed by atoms with E-state index in [1.165, 1.54) is 0 Å². The number of hydrogen-bond acceptors (Lipinski definition) is 3. The van der Waals surface area contributed by atoms with E-state index in [9.17, 15) is 8.78 Å². The summed E-state index contributed by atoms with van der Waals surface area (Å²) in [6.07, 6.45) is -1.54. The van der Waals surface area contributed by atoms with Gasteiger partial charge in [-0.05, 0) is 19.5 Å². The topological polar surface area (TPSA) is 38.5 Å². The molecule has 0 aromatic heterocycles. The lowest BCUT2D eigenvalue weighted by Gasteiger charge is -2.20.